The van der Waals surface area contributed by atoms with Gasteiger partial charge in [0.25, 0.3) is 0 Å². The second kappa shape index (κ2) is 10.8. The van der Waals surface area contributed by atoms with Crippen LogP contribution >= 0.6 is 0 Å². The van der Waals surface area contributed by atoms with Crippen molar-refractivity contribution in [1.29, 1.82) is 0 Å². The first kappa shape index (κ1) is 26.2. The topological polar surface area (TPSA) is 29.3 Å². The van der Waals surface area contributed by atoms with Crippen LogP contribution in [0.15, 0.2) is 174 Å². The van der Waals surface area contributed by atoms with Crippen LogP contribution in [0.3, 0.4) is 0 Å². The lowest BCUT2D eigenvalue weighted by molar-refractivity contribution is 0.672. The normalized spacial score (nSPS) is 11.5. The molecule has 0 amide bonds. The van der Waals surface area contributed by atoms with Crippen LogP contribution in [0.1, 0.15) is 0 Å². The van der Waals surface area contributed by atoms with E-state index in [9.17, 15) is 0 Å². The molecule has 0 spiro atoms. The van der Waals surface area contributed by atoms with Gasteiger partial charge in [-0.15, -0.1) is 0 Å². The summed E-state index contributed by atoms with van der Waals surface area (Å²) in [6.45, 7) is 0. The third-order valence-corrected chi connectivity index (χ3v) is 8.86. The molecular weight excluding hydrogens is 560 g/mol. The number of pyridine rings is 1. The highest BCUT2D eigenvalue weighted by atomic mass is 16.3. The molecule has 0 fully saturated rings. The van der Waals surface area contributed by atoms with Gasteiger partial charge in [0.05, 0.1) is 11.1 Å². The molecule has 0 saturated heterocycles. The van der Waals surface area contributed by atoms with Gasteiger partial charge in [0.15, 0.2) is 5.58 Å². The zero-order valence-corrected chi connectivity index (χ0v) is 25.0. The molecule has 0 N–H and O–H groups in total. The Morgan fingerprint density at radius 1 is 0.457 bits per heavy atom. The summed E-state index contributed by atoms with van der Waals surface area (Å²) in [5.74, 6) is 0. The van der Waals surface area contributed by atoms with Gasteiger partial charge in [-0.2, -0.15) is 0 Å². The Kier molecular flexibility index (Phi) is 6.14. The maximum Gasteiger partial charge on any atom is 0.153 e. The third kappa shape index (κ3) is 4.41. The summed E-state index contributed by atoms with van der Waals surface area (Å²) >= 11 is 0. The molecule has 216 valence electrons. The molecule has 0 radical (unpaired) electrons. The molecule has 3 nitrogen and oxygen atoms in total. The number of hydrogen-bond donors (Lipinski definition) is 0. The van der Waals surface area contributed by atoms with Gasteiger partial charge in [0.1, 0.15) is 11.1 Å². The Morgan fingerprint density at radius 2 is 1.15 bits per heavy atom. The molecule has 9 rings (SSSR count). The van der Waals surface area contributed by atoms with Gasteiger partial charge in [-0.3, -0.25) is 4.98 Å². The maximum absolute atomic E-state index is 6.55. The average molecular weight is 589 g/mol. The predicted molar refractivity (Wildman–Crippen MR) is 192 cm³/mol. The molecule has 3 heteroatoms. The Morgan fingerprint density at radius 3 is 2.02 bits per heavy atom. The molecule has 9 aromatic rings. The van der Waals surface area contributed by atoms with Crippen LogP contribution in [-0.2, 0) is 0 Å². The summed E-state index contributed by atoms with van der Waals surface area (Å²) < 4.78 is 6.55. The predicted octanol–water partition coefficient (Wildman–Crippen LogP) is 12.1. The molecule has 0 aliphatic rings. The minimum Gasteiger partial charge on any atom is -0.454 e. The van der Waals surface area contributed by atoms with E-state index in [1.807, 2.05) is 18.3 Å². The monoisotopic (exact) mass is 588 g/mol. The number of furan rings is 1. The van der Waals surface area contributed by atoms with Gasteiger partial charge in [-0.1, -0.05) is 115 Å². The number of anilines is 3. The van der Waals surface area contributed by atoms with Gasteiger partial charge in [-0.05, 0) is 86.9 Å². The van der Waals surface area contributed by atoms with E-state index in [2.05, 4.69) is 157 Å². The molecule has 2 heterocycles. The van der Waals surface area contributed by atoms with Crippen molar-refractivity contribution < 1.29 is 4.42 Å². The maximum atomic E-state index is 6.55. The Bertz CT molecular complexity index is 2530. The highest BCUT2D eigenvalue weighted by molar-refractivity contribution is 6.20. The van der Waals surface area contributed by atoms with Crippen molar-refractivity contribution in [3.63, 3.8) is 0 Å². The molecule has 0 saturated carbocycles. The summed E-state index contributed by atoms with van der Waals surface area (Å²) in [6.07, 6.45) is 1.84. The summed E-state index contributed by atoms with van der Waals surface area (Å²) in [5, 5.41) is 5.65. The largest absolute Gasteiger partial charge is 0.454 e. The third-order valence-electron chi connectivity index (χ3n) is 8.86. The molecule has 0 aliphatic carbocycles. The number of fused-ring (bicyclic) bond motifs is 6. The summed E-state index contributed by atoms with van der Waals surface area (Å²) in [5.41, 5.74) is 10.3. The van der Waals surface area contributed by atoms with Crippen molar-refractivity contribution in [3.8, 4) is 22.3 Å². The highest BCUT2D eigenvalue weighted by Gasteiger charge is 2.22. The number of nitrogens with zero attached hydrogens (tertiary/aromatic N) is 2. The summed E-state index contributed by atoms with van der Waals surface area (Å²) in [6, 6.07) is 58.0. The van der Waals surface area contributed by atoms with E-state index >= 15 is 0 Å². The van der Waals surface area contributed by atoms with Gasteiger partial charge in [0, 0.05) is 23.0 Å². The number of benzene rings is 7. The van der Waals surface area contributed by atoms with Crippen molar-refractivity contribution in [2.45, 2.75) is 0 Å². The highest BCUT2D eigenvalue weighted by Crippen LogP contribution is 2.46. The van der Waals surface area contributed by atoms with E-state index in [-0.39, 0.29) is 0 Å². The minimum atomic E-state index is 0.777. The van der Waals surface area contributed by atoms with Gasteiger partial charge in [-0.25, -0.2) is 0 Å². The van der Waals surface area contributed by atoms with E-state index in [1.54, 1.807) is 0 Å². The fourth-order valence-electron chi connectivity index (χ4n) is 6.64. The number of hydrogen-bond acceptors (Lipinski definition) is 3. The van der Waals surface area contributed by atoms with Crippen molar-refractivity contribution in [3.05, 3.63) is 170 Å². The first-order chi connectivity index (χ1) is 22.8. The quantitative estimate of drug-likeness (QED) is 0.200. The van der Waals surface area contributed by atoms with Crippen LogP contribution in [0.25, 0.3) is 65.9 Å². The van der Waals surface area contributed by atoms with E-state index in [0.717, 1.165) is 55.5 Å². The minimum absolute atomic E-state index is 0.777. The molecule has 0 unspecified atom stereocenters. The van der Waals surface area contributed by atoms with Gasteiger partial charge < -0.3 is 9.32 Å². The number of aromatic nitrogens is 1. The fraction of sp³-hybridized carbons (Fsp3) is 0. The molecular formula is C43H28N2O. The van der Waals surface area contributed by atoms with Crippen LogP contribution in [-0.4, -0.2) is 4.98 Å². The second-order valence-corrected chi connectivity index (χ2v) is 11.6. The lowest BCUT2D eigenvalue weighted by atomic mass is 9.99. The Hall–Kier alpha value is -6.19. The fourth-order valence-corrected chi connectivity index (χ4v) is 6.64. The van der Waals surface area contributed by atoms with Crippen LogP contribution in [0.2, 0.25) is 0 Å². The summed E-state index contributed by atoms with van der Waals surface area (Å²) in [7, 11) is 0. The van der Waals surface area contributed by atoms with E-state index in [0.29, 0.717) is 0 Å². The Balaban J connectivity index is 1.30. The molecule has 0 bridgehead atoms. The van der Waals surface area contributed by atoms with Crippen molar-refractivity contribution in [2.24, 2.45) is 0 Å². The molecule has 7 aromatic carbocycles. The number of rotatable bonds is 5. The van der Waals surface area contributed by atoms with E-state index in [1.165, 1.54) is 27.5 Å². The molecule has 46 heavy (non-hydrogen) atoms. The smallest absolute Gasteiger partial charge is 0.153 e. The van der Waals surface area contributed by atoms with Crippen molar-refractivity contribution in [2.75, 3.05) is 4.90 Å². The van der Waals surface area contributed by atoms with Crippen molar-refractivity contribution >= 4 is 60.7 Å². The second-order valence-electron chi connectivity index (χ2n) is 11.6. The standard InChI is InChI=1S/C43H28N2O/c1-2-10-29(11-3-1)31-21-23-36(24-22-31)45(37-16-8-15-33(27-37)34-20-19-30-12-4-5-13-32(30)26-34)39-28-35-14-6-7-17-38(35)43-41(39)42-40(46-43)18-9-25-44-42/h1-28H. The lowest BCUT2D eigenvalue weighted by Gasteiger charge is -2.27. The molecule has 0 atom stereocenters. The van der Waals surface area contributed by atoms with E-state index in [4.69, 9.17) is 9.40 Å². The zero-order valence-electron chi connectivity index (χ0n) is 25.0. The summed E-state index contributed by atoms with van der Waals surface area (Å²) in [4.78, 5) is 7.18. The molecule has 2 aromatic heterocycles. The zero-order chi connectivity index (χ0) is 30.5. The lowest BCUT2D eigenvalue weighted by Crippen LogP contribution is -2.10. The molecule has 0 aliphatic heterocycles. The van der Waals surface area contributed by atoms with Crippen LogP contribution < -0.4 is 4.90 Å². The van der Waals surface area contributed by atoms with Crippen LogP contribution in [0.5, 0.6) is 0 Å². The first-order valence-corrected chi connectivity index (χ1v) is 15.5. The van der Waals surface area contributed by atoms with Crippen LogP contribution in [0, 0.1) is 0 Å². The van der Waals surface area contributed by atoms with E-state index < -0.39 is 0 Å². The Labute approximate surface area is 266 Å². The average Bonchev–Trinajstić information content (AvgIpc) is 3.53. The van der Waals surface area contributed by atoms with Gasteiger partial charge >= 0.3 is 0 Å². The van der Waals surface area contributed by atoms with Gasteiger partial charge in [0.2, 0.25) is 0 Å². The van der Waals surface area contributed by atoms with Crippen LogP contribution in [0.4, 0.5) is 17.1 Å². The first-order valence-electron chi connectivity index (χ1n) is 15.5. The SMILES string of the molecule is c1ccc(-c2ccc(N(c3cccc(-c4ccc5ccccc5c4)c3)c3cc4ccccc4c4oc5cccnc5c34)cc2)cc1. The van der Waals surface area contributed by atoms with Crippen molar-refractivity contribution in [1.82, 2.24) is 4.98 Å².